The number of nitrogens with zero attached hydrogens (tertiary/aromatic N) is 2. The Labute approximate surface area is 154 Å². The van der Waals surface area contributed by atoms with Crippen LogP contribution in [0.1, 0.15) is 27.2 Å². The molecule has 2 aromatic heterocycles. The molecule has 0 radical (unpaired) electrons. The molecule has 0 bridgehead atoms. The van der Waals surface area contributed by atoms with Crippen LogP contribution < -0.4 is 5.32 Å². The van der Waals surface area contributed by atoms with Crippen LogP contribution in [0.2, 0.25) is 0 Å². The van der Waals surface area contributed by atoms with E-state index in [4.69, 9.17) is 4.42 Å². The fourth-order valence-electron chi connectivity index (χ4n) is 2.77. The van der Waals surface area contributed by atoms with Gasteiger partial charge < -0.3 is 19.9 Å². The second-order valence-electron chi connectivity index (χ2n) is 6.05. The van der Waals surface area contributed by atoms with E-state index in [0.29, 0.717) is 17.1 Å². The molecule has 0 amide bonds. The normalized spacial score (nSPS) is 13.7. The number of allylic oxidation sites excluding steroid dienone is 1. The lowest BCUT2D eigenvalue weighted by atomic mass is 10.1. The molecular weight excluding hydrogens is 346 g/mol. The number of nitrogens with one attached hydrogen (secondary N) is 1. The quantitative estimate of drug-likeness (QED) is 0.636. The van der Waals surface area contributed by atoms with E-state index >= 15 is 0 Å². The fourth-order valence-corrected chi connectivity index (χ4v) is 2.77. The first-order valence-electron chi connectivity index (χ1n) is 8.17. The second-order valence-corrected chi connectivity index (χ2v) is 6.05. The molecule has 0 fully saturated rings. The van der Waals surface area contributed by atoms with Crippen molar-refractivity contribution in [3.05, 3.63) is 65.0 Å². The van der Waals surface area contributed by atoms with Crippen molar-refractivity contribution in [1.82, 2.24) is 4.98 Å². The first-order chi connectivity index (χ1) is 13.0. The van der Waals surface area contributed by atoms with Crippen molar-refractivity contribution >= 4 is 41.2 Å². The zero-order valence-electron chi connectivity index (χ0n) is 14.3. The number of anilines is 2. The summed E-state index contributed by atoms with van der Waals surface area (Å²) in [6.45, 7) is 1.95. The maximum absolute atomic E-state index is 11.6. The summed E-state index contributed by atoms with van der Waals surface area (Å²) in [7, 11) is 0. The van der Waals surface area contributed by atoms with Crippen molar-refractivity contribution in [1.29, 1.82) is 0 Å². The summed E-state index contributed by atoms with van der Waals surface area (Å²) in [5.41, 5.74) is 2.83. The number of hydrogen-bond acceptors (Lipinski definition) is 6. The lowest BCUT2D eigenvalue weighted by Gasteiger charge is -2.04. The molecule has 134 valence electrons. The molecule has 0 saturated carbocycles. The van der Waals surface area contributed by atoms with Crippen LogP contribution >= 0.6 is 0 Å². The molecule has 0 atom stereocenters. The van der Waals surface area contributed by atoms with E-state index in [2.05, 4.69) is 15.3 Å². The summed E-state index contributed by atoms with van der Waals surface area (Å²) in [6.07, 6.45) is 4.77. The molecule has 3 heterocycles. The Morgan fingerprint density at radius 3 is 2.74 bits per heavy atom. The molecule has 1 aromatic carbocycles. The Balaban J connectivity index is 1.75. The van der Waals surface area contributed by atoms with Crippen LogP contribution in [0.25, 0.3) is 11.6 Å². The first-order valence-corrected chi connectivity index (χ1v) is 8.17. The number of fused-ring (bicyclic) bond motifs is 1. The summed E-state index contributed by atoms with van der Waals surface area (Å²) in [5.74, 6) is -1.20. The zero-order valence-corrected chi connectivity index (χ0v) is 14.3. The highest BCUT2D eigenvalue weighted by atomic mass is 16.4. The number of hydrogen-bond donors (Lipinski definition) is 3. The lowest BCUT2D eigenvalue weighted by molar-refractivity contribution is 0.0695. The van der Waals surface area contributed by atoms with Gasteiger partial charge in [0.25, 0.3) is 0 Å². The number of carboxylic acids is 1. The third-order valence-corrected chi connectivity index (χ3v) is 4.14. The predicted molar refractivity (Wildman–Crippen MR) is 102 cm³/mol. The maximum Gasteiger partial charge on any atom is 0.345 e. The standard InChI is InChI=1S/C20H15N3O4/c1-11-4-6-13(7-5-11)23-19-16(20(25)26)17(24)15(27-19)9-12-10-22-18-14(12)3-2-8-21-18/h2-10,23-24H,1H3,(H,25,26). The number of aliphatic imine (C=N–C) groups is 1. The highest BCUT2D eigenvalue weighted by Gasteiger charge is 2.25. The number of aryl methyl sites for hydroxylation is 1. The molecule has 0 aliphatic carbocycles. The van der Waals surface area contributed by atoms with Gasteiger partial charge in [-0.15, -0.1) is 0 Å². The molecule has 27 heavy (non-hydrogen) atoms. The largest absolute Gasteiger partial charge is 0.504 e. The van der Waals surface area contributed by atoms with Gasteiger partial charge >= 0.3 is 5.97 Å². The van der Waals surface area contributed by atoms with Gasteiger partial charge in [-0.25, -0.2) is 14.8 Å². The minimum absolute atomic E-state index is 0.0279. The predicted octanol–water partition coefficient (Wildman–Crippen LogP) is 4.39. The van der Waals surface area contributed by atoms with E-state index in [1.54, 1.807) is 36.7 Å². The van der Waals surface area contributed by atoms with E-state index in [-0.39, 0.29) is 17.2 Å². The lowest BCUT2D eigenvalue weighted by Crippen LogP contribution is -2.00. The first kappa shape index (κ1) is 16.6. The van der Waals surface area contributed by atoms with Crippen molar-refractivity contribution in [2.75, 3.05) is 5.32 Å². The van der Waals surface area contributed by atoms with Crippen molar-refractivity contribution in [2.45, 2.75) is 6.92 Å². The summed E-state index contributed by atoms with van der Waals surface area (Å²) in [4.78, 5) is 20.0. The van der Waals surface area contributed by atoms with Crippen LogP contribution in [0.15, 0.2) is 52.0 Å². The number of aromatic carboxylic acids is 1. The van der Waals surface area contributed by atoms with Crippen LogP contribution in [0, 0.1) is 6.92 Å². The van der Waals surface area contributed by atoms with Crippen LogP contribution in [-0.4, -0.2) is 27.4 Å². The minimum atomic E-state index is -1.29. The molecule has 7 nitrogen and oxygen atoms in total. The summed E-state index contributed by atoms with van der Waals surface area (Å²) in [5, 5.41) is 22.8. The Kier molecular flexibility index (Phi) is 3.97. The molecule has 1 aliphatic heterocycles. The van der Waals surface area contributed by atoms with Crippen LogP contribution in [0.5, 0.6) is 5.75 Å². The average Bonchev–Trinajstić information content (AvgIpc) is 3.19. The molecule has 4 rings (SSSR count). The molecule has 0 unspecified atom stereocenters. The van der Waals surface area contributed by atoms with Crippen LogP contribution in [0.4, 0.5) is 17.4 Å². The number of rotatable bonds is 4. The SMILES string of the molecule is Cc1ccc(Nc2oc(C=C3C=Nc4ncccc43)c(O)c2C(=O)O)cc1. The third kappa shape index (κ3) is 3.06. The van der Waals surface area contributed by atoms with Gasteiger partial charge in [-0.2, -0.15) is 0 Å². The number of pyridine rings is 1. The van der Waals surface area contributed by atoms with Gasteiger partial charge in [-0.1, -0.05) is 17.7 Å². The average molecular weight is 361 g/mol. The van der Waals surface area contributed by atoms with Gasteiger partial charge in [-0.3, -0.25) is 0 Å². The second kappa shape index (κ2) is 6.45. The number of aromatic nitrogens is 1. The number of benzene rings is 1. The van der Waals surface area contributed by atoms with Gasteiger partial charge in [0.2, 0.25) is 5.88 Å². The van der Waals surface area contributed by atoms with Crippen molar-refractivity contribution in [2.24, 2.45) is 4.99 Å². The number of carboxylic acid groups (broad SMARTS) is 1. The summed E-state index contributed by atoms with van der Waals surface area (Å²) in [6, 6.07) is 11.0. The van der Waals surface area contributed by atoms with E-state index in [9.17, 15) is 15.0 Å². The number of aromatic hydroxyl groups is 1. The topological polar surface area (TPSA) is 108 Å². The van der Waals surface area contributed by atoms with Gasteiger partial charge in [0.05, 0.1) is 0 Å². The minimum Gasteiger partial charge on any atom is -0.504 e. The fraction of sp³-hybridized carbons (Fsp3) is 0.0500. The smallest absolute Gasteiger partial charge is 0.345 e. The Bertz CT molecular complexity index is 1090. The van der Waals surface area contributed by atoms with E-state index in [0.717, 1.165) is 11.1 Å². The molecule has 7 heteroatoms. The van der Waals surface area contributed by atoms with E-state index in [1.807, 2.05) is 25.1 Å². The van der Waals surface area contributed by atoms with Crippen molar-refractivity contribution < 1.29 is 19.4 Å². The van der Waals surface area contributed by atoms with Gasteiger partial charge in [0.1, 0.15) is 0 Å². The van der Waals surface area contributed by atoms with Gasteiger partial charge in [0.15, 0.2) is 22.9 Å². The molecule has 1 aliphatic rings. The third-order valence-electron chi connectivity index (χ3n) is 4.14. The monoisotopic (exact) mass is 361 g/mol. The molecular formula is C20H15N3O4. The summed E-state index contributed by atoms with van der Waals surface area (Å²) >= 11 is 0. The van der Waals surface area contributed by atoms with Gasteiger partial charge in [-0.05, 0) is 37.3 Å². The molecule has 3 N–H and O–H groups in total. The summed E-state index contributed by atoms with van der Waals surface area (Å²) < 4.78 is 5.62. The Morgan fingerprint density at radius 1 is 1.22 bits per heavy atom. The zero-order chi connectivity index (χ0) is 19.0. The Hall–Kier alpha value is -3.87. The van der Waals surface area contributed by atoms with Gasteiger partial charge in [0, 0.05) is 29.2 Å². The van der Waals surface area contributed by atoms with Crippen LogP contribution in [-0.2, 0) is 0 Å². The van der Waals surface area contributed by atoms with Crippen LogP contribution in [0.3, 0.4) is 0 Å². The highest BCUT2D eigenvalue weighted by Crippen LogP contribution is 2.38. The molecule has 3 aromatic rings. The Morgan fingerprint density at radius 2 is 2.00 bits per heavy atom. The maximum atomic E-state index is 11.6. The van der Waals surface area contributed by atoms with E-state index in [1.165, 1.54) is 0 Å². The number of furan rings is 1. The highest BCUT2D eigenvalue weighted by molar-refractivity contribution is 6.21. The molecule has 0 spiro atoms. The molecule has 0 saturated heterocycles. The number of carbonyl (C=O) groups is 1. The van der Waals surface area contributed by atoms with Crippen molar-refractivity contribution in [3.63, 3.8) is 0 Å². The van der Waals surface area contributed by atoms with Crippen molar-refractivity contribution in [3.8, 4) is 5.75 Å². The van der Waals surface area contributed by atoms with E-state index < -0.39 is 11.7 Å².